The molecule has 1 aromatic heterocycles. The third-order valence-corrected chi connectivity index (χ3v) is 6.07. The van der Waals surface area contributed by atoms with Crippen LogP contribution < -0.4 is 20.1 Å². The van der Waals surface area contributed by atoms with Crippen LogP contribution in [0.15, 0.2) is 66.7 Å². The maximum absolute atomic E-state index is 13.2. The van der Waals surface area contributed by atoms with E-state index in [1.54, 1.807) is 12.1 Å². The molecule has 0 saturated heterocycles. The number of hydrogen-bond donors (Lipinski definition) is 3. The summed E-state index contributed by atoms with van der Waals surface area (Å²) in [6, 6.07) is 19.0. The van der Waals surface area contributed by atoms with Crippen molar-refractivity contribution in [3.8, 4) is 11.5 Å². The monoisotopic (exact) mass is 429 g/mol. The van der Waals surface area contributed by atoms with Gasteiger partial charge in [-0.05, 0) is 60.0 Å². The highest BCUT2D eigenvalue weighted by Gasteiger charge is 2.34. The van der Waals surface area contributed by atoms with Gasteiger partial charge in [0.2, 0.25) is 12.7 Å². The van der Waals surface area contributed by atoms with Crippen molar-refractivity contribution in [1.29, 1.82) is 0 Å². The molecule has 0 fully saturated rings. The maximum atomic E-state index is 13.2. The number of amides is 1. The molecule has 160 valence electrons. The molecule has 1 amide bonds. The number of H-pyrrole nitrogens is 1. The van der Waals surface area contributed by atoms with Crippen LogP contribution in [-0.4, -0.2) is 23.7 Å². The molecule has 0 spiro atoms. The molecule has 7 heteroatoms. The van der Waals surface area contributed by atoms with E-state index in [9.17, 15) is 9.18 Å². The van der Waals surface area contributed by atoms with Gasteiger partial charge in [0.1, 0.15) is 5.82 Å². The number of nitrogens with one attached hydrogen (secondary N) is 3. The van der Waals surface area contributed by atoms with Gasteiger partial charge in [0, 0.05) is 22.3 Å². The van der Waals surface area contributed by atoms with Crippen LogP contribution in [0.3, 0.4) is 0 Å². The lowest BCUT2D eigenvalue weighted by atomic mass is 9.90. The van der Waals surface area contributed by atoms with Crippen LogP contribution in [0.25, 0.3) is 10.9 Å². The number of ether oxygens (including phenoxy) is 2. The zero-order valence-electron chi connectivity index (χ0n) is 17.0. The molecule has 32 heavy (non-hydrogen) atoms. The van der Waals surface area contributed by atoms with Crippen LogP contribution in [-0.2, 0) is 11.2 Å². The predicted octanol–water partition coefficient (Wildman–Crippen LogP) is 4.28. The molecule has 2 aliphatic rings. The second-order valence-electron chi connectivity index (χ2n) is 8.03. The van der Waals surface area contributed by atoms with Crippen LogP contribution in [0, 0.1) is 5.82 Å². The van der Waals surface area contributed by atoms with Crippen LogP contribution in [0.2, 0.25) is 0 Å². The summed E-state index contributed by atoms with van der Waals surface area (Å²) in [5.74, 6) is 0.898. The first kappa shape index (κ1) is 18.9. The number of aromatic nitrogens is 1. The van der Waals surface area contributed by atoms with Gasteiger partial charge in [-0.1, -0.05) is 24.3 Å². The molecule has 2 aliphatic heterocycles. The number of benzene rings is 3. The molecule has 3 heterocycles. The van der Waals surface area contributed by atoms with Gasteiger partial charge >= 0.3 is 0 Å². The molecule has 4 aromatic rings. The SMILES string of the molecule is O=C(Nc1ccc(F)cc1)[C@@H]1Cc2c([nH]c3ccccc23)[C@@H](c2ccc3c(c2)OCO3)N1. The quantitative estimate of drug-likeness (QED) is 0.455. The van der Waals surface area contributed by atoms with Crippen molar-refractivity contribution >= 4 is 22.5 Å². The predicted molar refractivity (Wildman–Crippen MR) is 118 cm³/mol. The first-order valence-corrected chi connectivity index (χ1v) is 10.5. The Kier molecular flexibility index (Phi) is 4.36. The summed E-state index contributed by atoms with van der Waals surface area (Å²) in [7, 11) is 0. The number of carbonyl (C=O) groups excluding carboxylic acids is 1. The molecule has 0 bridgehead atoms. The largest absolute Gasteiger partial charge is 0.454 e. The highest BCUT2D eigenvalue weighted by Crippen LogP contribution is 2.39. The van der Waals surface area contributed by atoms with E-state index in [1.165, 1.54) is 12.1 Å². The summed E-state index contributed by atoms with van der Waals surface area (Å²) in [6.07, 6.45) is 0.535. The van der Waals surface area contributed by atoms with Gasteiger partial charge in [-0.2, -0.15) is 0 Å². The Balaban J connectivity index is 1.39. The summed E-state index contributed by atoms with van der Waals surface area (Å²) < 4.78 is 24.3. The molecule has 3 N–H and O–H groups in total. The summed E-state index contributed by atoms with van der Waals surface area (Å²) in [4.78, 5) is 16.7. The molecule has 6 rings (SSSR count). The van der Waals surface area contributed by atoms with Crippen molar-refractivity contribution in [2.24, 2.45) is 0 Å². The molecule has 2 atom stereocenters. The smallest absolute Gasteiger partial charge is 0.241 e. The van der Waals surface area contributed by atoms with Crippen molar-refractivity contribution in [2.45, 2.75) is 18.5 Å². The van der Waals surface area contributed by atoms with E-state index in [4.69, 9.17) is 9.47 Å². The second-order valence-corrected chi connectivity index (χ2v) is 8.03. The molecule has 6 nitrogen and oxygen atoms in total. The van der Waals surface area contributed by atoms with Gasteiger partial charge in [0.05, 0.1) is 12.1 Å². The molecule has 0 saturated carbocycles. The zero-order valence-corrected chi connectivity index (χ0v) is 17.0. The highest BCUT2D eigenvalue weighted by molar-refractivity contribution is 5.96. The molecule has 0 unspecified atom stereocenters. The van der Waals surface area contributed by atoms with Crippen molar-refractivity contribution in [2.75, 3.05) is 12.1 Å². The molecule has 0 radical (unpaired) electrons. The lowest BCUT2D eigenvalue weighted by molar-refractivity contribution is -0.118. The fraction of sp³-hybridized carbons (Fsp3) is 0.160. The standard InChI is InChI=1S/C25H20FN3O3/c26-15-6-8-16(9-7-15)27-25(30)20-12-18-17-3-1-2-4-19(17)28-24(18)23(29-20)14-5-10-21-22(11-14)32-13-31-21/h1-11,20,23,28-29H,12-13H2,(H,27,30)/t20-,23+/m0/s1. The minimum Gasteiger partial charge on any atom is -0.454 e. The number of hydrogen-bond acceptors (Lipinski definition) is 4. The van der Waals surface area contributed by atoms with E-state index in [0.717, 1.165) is 27.7 Å². The van der Waals surface area contributed by atoms with E-state index >= 15 is 0 Å². The van der Waals surface area contributed by atoms with E-state index in [0.29, 0.717) is 23.6 Å². The van der Waals surface area contributed by atoms with E-state index in [2.05, 4.69) is 21.7 Å². The average Bonchev–Trinajstić information content (AvgIpc) is 3.43. The lowest BCUT2D eigenvalue weighted by Crippen LogP contribution is -2.47. The first-order valence-electron chi connectivity index (χ1n) is 10.5. The summed E-state index contributed by atoms with van der Waals surface area (Å²) in [5.41, 5.74) is 4.71. The van der Waals surface area contributed by atoms with E-state index in [1.807, 2.05) is 36.4 Å². The van der Waals surface area contributed by atoms with Crippen LogP contribution in [0.4, 0.5) is 10.1 Å². The number of anilines is 1. The van der Waals surface area contributed by atoms with Gasteiger partial charge < -0.3 is 19.8 Å². The Hall–Kier alpha value is -3.84. The maximum Gasteiger partial charge on any atom is 0.241 e. The van der Waals surface area contributed by atoms with Gasteiger partial charge in [-0.15, -0.1) is 0 Å². The average molecular weight is 429 g/mol. The number of fused-ring (bicyclic) bond motifs is 4. The van der Waals surface area contributed by atoms with Crippen molar-refractivity contribution in [1.82, 2.24) is 10.3 Å². The topological polar surface area (TPSA) is 75.4 Å². The first-order chi connectivity index (χ1) is 15.7. The van der Waals surface area contributed by atoms with Gasteiger partial charge in [-0.25, -0.2) is 4.39 Å². The number of carbonyl (C=O) groups is 1. The van der Waals surface area contributed by atoms with Crippen molar-refractivity contribution in [3.05, 3.63) is 89.4 Å². The Morgan fingerprint density at radius 3 is 2.69 bits per heavy atom. The van der Waals surface area contributed by atoms with Gasteiger partial charge in [-0.3, -0.25) is 10.1 Å². The number of para-hydroxylation sites is 1. The lowest BCUT2D eigenvalue weighted by Gasteiger charge is -2.31. The van der Waals surface area contributed by atoms with Crippen molar-refractivity contribution in [3.63, 3.8) is 0 Å². The fourth-order valence-corrected chi connectivity index (χ4v) is 4.52. The number of halogens is 1. The van der Waals surface area contributed by atoms with Gasteiger partial charge in [0.15, 0.2) is 11.5 Å². The number of rotatable bonds is 3. The zero-order chi connectivity index (χ0) is 21.7. The minimum absolute atomic E-state index is 0.168. The Labute approximate surface area is 183 Å². The Bertz CT molecular complexity index is 1330. The van der Waals surface area contributed by atoms with Crippen LogP contribution >= 0.6 is 0 Å². The van der Waals surface area contributed by atoms with Crippen LogP contribution in [0.5, 0.6) is 11.5 Å². The summed E-state index contributed by atoms with van der Waals surface area (Å²) in [5, 5.41) is 7.50. The minimum atomic E-state index is -0.470. The second kappa shape index (κ2) is 7.39. The third-order valence-electron chi connectivity index (χ3n) is 6.07. The number of aromatic amines is 1. The molecular weight excluding hydrogens is 409 g/mol. The third kappa shape index (κ3) is 3.18. The van der Waals surface area contributed by atoms with Crippen LogP contribution in [0.1, 0.15) is 22.9 Å². The summed E-state index contributed by atoms with van der Waals surface area (Å²) >= 11 is 0. The van der Waals surface area contributed by atoms with E-state index in [-0.39, 0.29) is 24.6 Å². The molecule has 3 aromatic carbocycles. The highest BCUT2D eigenvalue weighted by atomic mass is 19.1. The summed E-state index contributed by atoms with van der Waals surface area (Å²) in [6.45, 7) is 0.206. The van der Waals surface area contributed by atoms with Crippen molar-refractivity contribution < 1.29 is 18.7 Å². The molecular formula is C25H20FN3O3. The molecule has 0 aliphatic carbocycles. The van der Waals surface area contributed by atoms with Gasteiger partial charge in [0.25, 0.3) is 0 Å². The van der Waals surface area contributed by atoms with E-state index < -0.39 is 6.04 Å². The Morgan fingerprint density at radius 2 is 1.81 bits per heavy atom. The normalized spacial score (nSPS) is 19.0. The Morgan fingerprint density at radius 1 is 1.00 bits per heavy atom. The fourth-order valence-electron chi connectivity index (χ4n) is 4.52.